The van der Waals surface area contributed by atoms with E-state index in [1.165, 1.54) is 16.0 Å². The standard InChI is InChI=1S/C20H25N5O2S/c1-13-4-8-25(22-13)9-6-21-20(26)18-12-28-19-11-24(7-5-16(18)19)10-17-14(2)23-27-15(17)3/h4,8,12H,5-7,9-11H2,1-3H3,(H,21,26). The van der Waals surface area contributed by atoms with Crippen LogP contribution in [0.4, 0.5) is 0 Å². The van der Waals surface area contributed by atoms with E-state index in [2.05, 4.69) is 20.5 Å². The second-order valence-corrected chi connectivity index (χ2v) is 8.25. The minimum Gasteiger partial charge on any atom is -0.361 e. The maximum atomic E-state index is 12.6. The van der Waals surface area contributed by atoms with E-state index in [0.717, 1.165) is 48.8 Å². The molecule has 0 aromatic carbocycles. The molecule has 148 valence electrons. The number of aromatic nitrogens is 3. The third-order valence-corrected chi connectivity index (χ3v) is 6.25. The zero-order valence-electron chi connectivity index (χ0n) is 16.5. The summed E-state index contributed by atoms with van der Waals surface area (Å²) in [5, 5.41) is 13.4. The molecule has 0 aliphatic carbocycles. The van der Waals surface area contributed by atoms with Crippen LogP contribution in [-0.2, 0) is 26.1 Å². The van der Waals surface area contributed by atoms with E-state index in [1.54, 1.807) is 11.3 Å². The molecule has 1 aliphatic rings. The Hall–Kier alpha value is -2.45. The van der Waals surface area contributed by atoms with Gasteiger partial charge >= 0.3 is 0 Å². The molecule has 4 rings (SSSR count). The molecule has 8 heteroatoms. The summed E-state index contributed by atoms with van der Waals surface area (Å²) >= 11 is 1.68. The van der Waals surface area contributed by atoms with E-state index in [-0.39, 0.29) is 5.91 Å². The van der Waals surface area contributed by atoms with Crippen molar-refractivity contribution in [1.29, 1.82) is 0 Å². The molecule has 1 N–H and O–H groups in total. The average molecular weight is 400 g/mol. The lowest BCUT2D eigenvalue weighted by Crippen LogP contribution is -2.32. The molecule has 0 spiro atoms. The molecule has 4 heterocycles. The Morgan fingerprint density at radius 1 is 1.36 bits per heavy atom. The van der Waals surface area contributed by atoms with Gasteiger partial charge in [-0.3, -0.25) is 14.4 Å². The highest BCUT2D eigenvalue weighted by atomic mass is 32.1. The highest BCUT2D eigenvalue weighted by Crippen LogP contribution is 2.30. The van der Waals surface area contributed by atoms with Crippen LogP contribution in [0.5, 0.6) is 0 Å². The Morgan fingerprint density at radius 3 is 2.93 bits per heavy atom. The summed E-state index contributed by atoms with van der Waals surface area (Å²) in [6, 6.07) is 1.96. The molecule has 0 saturated carbocycles. The molecule has 0 saturated heterocycles. The lowest BCUT2D eigenvalue weighted by molar-refractivity contribution is 0.0950. The highest BCUT2D eigenvalue weighted by Gasteiger charge is 2.25. The van der Waals surface area contributed by atoms with Crippen molar-refractivity contribution < 1.29 is 9.32 Å². The fourth-order valence-electron chi connectivity index (χ4n) is 3.63. The van der Waals surface area contributed by atoms with Crippen LogP contribution in [0.2, 0.25) is 0 Å². The summed E-state index contributed by atoms with van der Waals surface area (Å²) in [5.41, 5.74) is 5.15. The predicted molar refractivity (Wildman–Crippen MR) is 107 cm³/mol. The summed E-state index contributed by atoms with van der Waals surface area (Å²) < 4.78 is 7.13. The second kappa shape index (κ2) is 7.89. The quantitative estimate of drug-likeness (QED) is 0.690. The average Bonchev–Trinajstić information content (AvgIpc) is 3.36. The fraction of sp³-hybridized carbons (Fsp3) is 0.450. The minimum absolute atomic E-state index is 0.0144. The van der Waals surface area contributed by atoms with Crippen LogP contribution in [0, 0.1) is 20.8 Å². The molecule has 28 heavy (non-hydrogen) atoms. The number of hydrogen-bond acceptors (Lipinski definition) is 6. The number of fused-ring (bicyclic) bond motifs is 1. The predicted octanol–water partition coefficient (Wildman–Crippen LogP) is 2.85. The summed E-state index contributed by atoms with van der Waals surface area (Å²) in [6.45, 7) is 9.79. The first kappa shape index (κ1) is 18.9. The maximum absolute atomic E-state index is 12.6. The number of aryl methyl sites for hydroxylation is 3. The molecule has 3 aromatic rings. The van der Waals surface area contributed by atoms with Gasteiger partial charge in [0.25, 0.3) is 5.91 Å². The Bertz CT molecular complexity index is 967. The summed E-state index contributed by atoms with van der Waals surface area (Å²) in [4.78, 5) is 16.3. The van der Waals surface area contributed by atoms with Gasteiger partial charge in [0.1, 0.15) is 5.76 Å². The second-order valence-electron chi connectivity index (χ2n) is 7.29. The number of carbonyl (C=O) groups excluding carboxylic acids is 1. The topological polar surface area (TPSA) is 76.2 Å². The molecule has 3 aromatic heterocycles. The van der Waals surface area contributed by atoms with Crippen molar-refractivity contribution in [3.8, 4) is 0 Å². The van der Waals surface area contributed by atoms with Gasteiger partial charge in [0, 0.05) is 48.2 Å². The Morgan fingerprint density at radius 2 is 2.21 bits per heavy atom. The van der Waals surface area contributed by atoms with Crippen LogP contribution < -0.4 is 5.32 Å². The number of thiophene rings is 1. The molecule has 7 nitrogen and oxygen atoms in total. The van der Waals surface area contributed by atoms with E-state index >= 15 is 0 Å². The molecule has 0 bridgehead atoms. The van der Waals surface area contributed by atoms with Crippen molar-refractivity contribution in [2.45, 2.75) is 46.8 Å². The number of nitrogens with one attached hydrogen (secondary N) is 1. The fourth-order valence-corrected chi connectivity index (χ4v) is 4.75. The van der Waals surface area contributed by atoms with E-state index in [4.69, 9.17) is 4.52 Å². The molecule has 0 radical (unpaired) electrons. The summed E-state index contributed by atoms with van der Waals surface area (Å²) in [5.74, 6) is 0.905. The Kier molecular flexibility index (Phi) is 5.32. The van der Waals surface area contributed by atoms with Gasteiger partial charge in [-0.15, -0.1) is 11.3 Å². The normalized spacial score (nSPS) is 14.2. The SMILES string of the molecule is Cc1ccn(CCNC(=O)c2csc3c2CCN(Cc2c(C)noc2C)C3)n1. The third kappa shape index (κ3) is 3.88. The van der Waals surface area contributed by atoms with Crippen molar-refractivity contribution in [1.82, 2.24) is 25.2 Å². The number of hydrogen-bond donors (Lipinski definition) is 1. The van der Waals surface area contributed by atoms with E-state index in [0.29, 0.717) is 13.1 Å². The van der Waals surface area contributed by atoms with Crippen molar-refractivity contribution in [3.63, 3.8) is 0 Å². The van der Waals surface area contributed by atoms with Crippen molar-refractivity contribution in [2.75, 3.05) is 13.1 Å². The van der Waals surface area contributed by atoms with Gasteiger partial charge in [0.15, 0.2) is 0 Å². The van der Waals surface area contributed by atoms with Crippen molar-refractivity contribution in [3.05, 3.63) is 56.4 Å². The number of amides is 1. The van der Waals surface area contributed by atoms with Gasteiger partial charge < -0.3 is 9.84 Å². The van der Waals surface area contributed by atoms with Crippen LogP contribution in [0.3, 0.4) is 0 Å². The third-order valence-electron chi connectivity index (χ3n) is 5.23. The van der Waals surface area contributed by atoms with Gasteiger partial charge in [-0.05, 0) is 38.8 Å². The number of carbonyl (C=O) groups is 1. The molecular formula is C20H25N5O2S. The number of nitrogens with zero attached hydrogens (tertiary/aromatic N) is 4. The number of rotatable bonds is 6. The molecule has 0 fully saturated rings. The minimum atomic E-state index is 0.0144. The maximum Gasteiger partial charge on any atom is 0.252 e. The van der Waals surface area contributed by atoms with Gasteiger partial charge in [-0.2, -0.15) is 5.10 Å². The largest absolute Gasteiger partial charge is 0.361 e. The van der Waals surface area contributed by atoms with Crippen LogP contribution >= 0.6 is 11.3 Å². The molecule has 0 unspecified atom stereocenters. The molecule has 1 amide bonds. The smallest absolute Gasteiger partial charge is 0.252 e. The zero-order chi connectivity index (χ0) is 19.7. The van der Waals surface area contributed by atoms with Crippen LogP contribution in [-0.4, -0.2) is 38.8 Å². The first-order valence-electron chi connectivity index (χ1n) is 9.53. The van der Waals surface area contributed by atoms with Crippen LogP contribution in [0.25, 0.3) is 0 Å². The van der Waals surface area contributed by atoms with Gasteiger partial charge in [0.05, 0.1) is 23.5 Å². The van der Waals surface area contributed by atoms with Crippen LogP contribution in [0.1, 0.15) is 43.5 Å². The Balaban J connectivity index is 1.36. The lowest BCUT2D eigenvalue weighted by atomic mass is 10.0. The van der Waals surface area contributed by atoms with Crippen molar-refractivity contribution in [2.24, 2.45) is 0 Å². The summed E-state index contributed by atoms with van der Waals surface area (Å²) in [6.07, 6.45) is 2.82. The molecule has 0 atom stereocenters. The highest BCUT2D eigenvalue weighted by molar-refractivity contribution is 7.10. The van der Waals surface area contributed by atoms with Gasteiger partial charge in [-0.1, -0.05) is 5.16 Å². The van der Waals surface area contributed by atoms with E-state index in [1.807, 2.05) is 43.1 Å². The van der Waals surface area contributed by atoms with E-state index in [9.17, 15) is 4.79 Å². The molecule has 1 aliphatic heterocycles. The monoisotopic (exact) mass is 399 g/mol. The van der Waals surface area contributed by atoms with Crippen LogP contribution in [0.15, 0.2) is 22.2 Å². The van der Waals surface area contributed by atoms with Gasteiger partial charge in [0.2, 0.25) is 0 Å². The first-order valence-corrected chi connectivity index (χ1v) is 10.4. The first-order chi connectivity index (χ1) is 13.5. The Labute approximate surface area is 168 Å². The van der Waals surface area contributed by atoms with Gasteiger partial charge in [-0.25, -0.2) is 0 Å². The zero-order valence-corrected chi connectivity index (χ0v) is 17.3. The lowest BCUT2D eigenvalue weighted by Gasteiger charge is -2.27. The van der Waals surface area contributed by atoms with E-state index < -0.39 is 0 Å². The van der Waals surface area contributed by atoms with Crippen molar-refractivity contribution >= 4 is 17.2 Å². The summed E-state index contributed by atoms with van der Waals surface area (Å²) in [7, 11) is 0. The molecular weight excluding hydrogens is 374 g/mol.